The Hall–Kier alpha value is -1.43. The van der Waals surface area contributed by atoms with Crippen molar-refractivity contribution >= 4 is 0 Å². The van der Waals surface area contributed by atoms with E-state index >= 15 is 0 Å². The molecule has 0 saturated heterocycles. The summed E-state index contributed by atoms with van der Waals surface area (Å²) in [5, 5.41) is 8.90. The van der Waals surface area contributed by atoms with Gasteiger partial charge in [-0.25, -0.2) is 9.97 Å². The Morgan fingerprint density at radius 1 is 1.53 bits per heavy atom. The number of aromatic nitrogens is 2. The summed E-state index contributed by atoms with van der Waals surface area (Å²) in [6, 6.07) is 3.94. The van der Waals surface area contributed by atoms with Gasteiger partial charge in [-0.15, -0.1) is 0 Å². The maximum absolute atomic E-state index is 8.90. The summed E-state index contributed by atoms with van der Waals surface area (Å²) >= 11 is 0. The standard InChI is InChI=1S/C12H15N3/c1-3-8(2)11-6-10(7-13)14-12(15-11)9-4-5-9/h6,8-9H,3-5H2,1-2H3/t8-/m0/s1. The SMILES string of the molecule is CC[C@H](C)c1cc(C#N)nc(C2CC2)n1. The van der Waals surface area contributed by atoms with Crippen LogP contribution in [0.3, 0.4) is 0 Å². The van der Waals surface area contributed by atoms with Crippen LogP contribution in [-0.4, -0.2) is 9.97 Å². The minimum absolute atomic E-state index is 0.414. The van der Waals surface area contributed by atoms with Crippen molar-refractivity contribution in [2.45, 2.75) is 44.9 Å². The molecule has 1 aliphatic rings. The lowest BCUT2D eigenvalue weighted by Crippen LogP contribution is -2.03. The van der Waals surface area contributed by atoms with Crippen molar-refractivity contribution in [1.82, 2.24) is 9.97 Å². The van der Waals surface area contributed by atoms with Gasteiger partial charge in [0.2, 0.25) is 0 Å². The van der Waals surface area contributed by atoms with Crippen LogP contribution in [0, 0.1) is 11.3 Å². The summed E-state index contributed by atoms with van der Waals surface area (Å²) in [7, 11) is 0. The maximum Gasteiger partial charge on any atom is 0.144 e. The van der Waals surface area contributed by atoms with E-state index in [1.807, 2.05) is 6.07 Å². The molecule has 0 amide bonds. The van der Waals surface area contributed by atoms with E-state index in [9.17, 15) is 0 Å². The topological polar surface area (TPSA) is 49.6 Å². The Morgan fingerprint density at radius 3 is 2.80 bits per heavy atom. The number of nitrogens with zero attached hydrogens (tertiary/aromatic N) is 3. The molecular weight excluding hydrogens is 186 g/mol. The zero-order valence-electron chi connectivity index (χ0n) is 9.20. The molecule has 1 fully saturated rings. The molecule has 0 unspecified atom stereocenters. The molecule has 1 aromatic heterocycles. The number of nitriles is 1. The summed E-state index contributed by atoms with van der Waals surface area (Å²) in [6.45, 7) is 4.27. The Morgan fingerprint density at radius 2 is 2.27 bits per heavy atom. The predicted molar refractivity (Wildman–Crippen MR) is 57.4 cm³/mol. The molecule has 0 radical (unpaired) electrons. The van der Waals surface area contributed by atoms with Crippen LogP contribution in [0.2, 0.25) is 0 Å². The van der Waals surface area contributed by atoms with Crippen LogP contribution in [0.4, 0.5) is 0 Å². The molecular formula is C12H15N3. The van der Waals surface area contributed by atoms with Crippen LogP contribution in [0.25, 0.3) is 0 Å². The van der Waals surface area contributed by atoms with Gasteiger partial charge in [-0.1, -0.05) is 13.8 Å². The number of rotatable bonds is 3. The van der Waals surface area contributed by atoms with Gasteiger partial charge in [-0.05, 0) is 31.2 Å². The molecule has 1 aliphatic carbocycles. The van der Waals surface area contributed by atoms with Crippen LogP contribution < -0.4 is 0 Å². The average Bonchev–Trinajstić information content (AvgIpc) is 3.11. The molecule has 1 heterocycles. The smallest absolute Gasteiger partial charge is 0.144 e. The van der Waals surface area contributed by atoms with Gasteiger partial charge in [0.25, 0.3) is 0 Å². The average molecular weight is 201 g/mol. The summed E-state index contributed by atoms with van der Waals surface area (Å²) < 4.78 is 0. The highest BCUT2D eigenvalue weighted by molar-refractivity contribution is 5.26. The lowest BCUT2D eigenvalue weighted by Gasteiger charge is -2.09. The van der Waals surface area contributed by atoms with Gasteiger partial charge in [0.05, 0.1) is 0 Å². The molecule has 78 valence electrons. The van der Waals surface area contributed by atoms with Crippen molar-refractivity contribution in [3.63, 3.8) is 0 Å². The normalized spacial score (nSPS) is 17.1. The van der Waals surface area contributed by atoms with Crippen LogP contribution in [0.15, 0.2) is 6.07 Å². The van der Waals surface area contributed by atoms with Gasteiger partial charge in [0, 0.05) is 11.6 Å². The highest BCUT2D eigenvalue weighted by Crippen LogP contribution is 2.38. The Kier molecular flexibility index (Phi) is 2.68. The lowest BCUT2D eigenvalue weighted by atomic mass is 10.0. The second-order valence-corrected chi connectivity index (χ2v) is 4.23. The highest BCUT2D eigenvalue weighted by Gasteiger charge is 2.27. The first kappa shape index (κ1) is 10.1. The highest BCUT2D eigenvalue weighted by atomic mass is 14.9. The van der Waals surface area contributed by atoms with Crippen molar-refractivity contribution in [2.75, 3.05) is 0 Å². The van der Waals surface area contributed by atoms with Crippen LogP contribution in [-0.2, 0) is 0 Å². The molecule has 0 bridgehead atoms. The Labute approximate surface area is 90.2 Å². The molecule has 0 spiro atoms. The zero-order chi connectivity index (χ0) is 10.8. The van der Waals surface area contributed by atoms with Crippen molar-refractivity contribution in [3.05, 3.63) is 23.3 Å². The van der Waals surface area contributed by atoms with E-state index in [0.717, 1.165) is 17.9 Å². The van der Waals surface area contributed by atoms with E-state index in [-0.39, 0.29) is 0 Å². The van der Waals surface area contributed by atoms with Crippen LogP contribution in [0.1, 0.15) is 62.2 Å². The van der Waals surface area contributed by atoms with Gasteiger partial charge < -0.3 is 0 Å². The lowest BCUT2D eigenvalue weighted by molar-refractivity contribution is 0.692. The quantitative estimate of drug-likeness (QED) is 0.755. The van der Waals surface area contributed by atoms with E-state index in [0.29, 0.717) is 17.5 Å². The third-order valence-corrected chi connectivity index (χ3v) is 2.94. The monoisotopic (exact) mass is 201 g/mol. The first-order valence-corrected chi connectivity index (χ1v) is 5.53. The first-order chi connectivity index (χ1) is 7.24. The van der Waals surface area contributed by atoms with Crippen LogP contribution >= 0.6 is 0 Å². The molecule has 15 heavy (non-hydrogen) atoms. The first-order valence-electron chi connectivity index (χ1n) is 5.53. The fourth-order valence-electron chi connectivity index (χ4n) is 1.53. The molecule has 2 rings (SSSR count). The molecule has 1 saturated carbocycles. The van der Waals surface area contributed by atoms with Crippen molar-refractivity contribution < 1.29 is 0 Å². The summed E-state index contributed by atoms with van der Waals surface area (Å²) in [5.41, 5.74) is 1.54. The van der Waals surface area contributed by atoms with Gasteiger partial charge in [-0.2, -0.15) is 5.26 Å². The fourth-order valence-corrected chi connectivity index (χ4v) is 1.53. The second-order valence-electron chi connectivity index (χ2n) is 4.23. The van der Waals surface area contributed by atoms with E-state index in [1.54, 1.807) is 0 Å². The minimum Gasteiger partial charge on any atom is -0.237 e. The second kappa shape index (κ2) is 3.98. The Bertz CT molecular complexity index is 402. The van der Waals surface area contributed by atoms with Crippen LogP contribution in [0.5, 0.6) is 0 Å². The molecule has 0 aliphatic heterocycles. The molecule has 3 nitrogen and oxygen atoms in total. The van der Waals surface area contributed by atoms with Crippen molar-refractivity contribution in [2.24, 2.45) is 0 Å². The van der Waals surface area contributed by atoms with E-state index < -0.39 is 0 Å². The summed E-state index contributed by atoms with van der Waals surface area (Å²) in [5.74, 6) is 1.81. The Balaban J connectivity index is 2.37. The van der Waals surface area contributed by atoms with Crippen molar-refractivity contribution in [3.8, 4) is 6.07 Å². The third-order valence-electron chi connectivity index (χ3n) is 2.94. The largest absolute Gasteiger partial charge is 0.237 e. The van der Waals surface area contributed by atoms with Gasteiger partial charge in [0.1, 0.15) is 17.6 Å². The van der Waals surface area contributed by atoms with Crippen molar-refractivity contribution in [1.29, 1.82) is 5.26 Å². The molecule has 1 aromatic rings. The van der Waals surface area contributed by atoms with E-state index in [4.69, 9.17) is 5.26 Å². The van der Waals surface area contributed by atoms with Gasteiger partial charge in [-0.3, -0.25) is 0 Å². The summed E-state index contributed by atoms with van der Waals surface area (Å²) in [6.07, 6.45) is 3.40. The molecule has 1 atom stereocenters. The van der Waals surface area contributed by atoms with Gasteiger partial charge in [0.15, 0.2) is 0 Å². The fraction of sp³-hybridized carbons (Fsp3) is 0.583. The number of hydrogen-bond acceptors (Lipinski definition) is 3. The summed E-state index contributed by atoms with van der Waals surface area (Å²) in [4.78, 5) is 8.81. The van der Waals surface area contributed by atoms with E-state index in [2.05, 4.69) is 29.9 Å². The zero-order valence-corrected chi connectivity index (χ0v) is 9.20. The minimum atomic E-state index is 0.414. The van der Waals surface area contributed by atoms with E-state index in [1.165, 1.54) is 12.8 Å². The molecule has 0 aromatic carbocycles. The predicted octanol–water partition coefficient (Wildman–Crippen LogP) is 2.74. The maximum atomic E-state index is 8.90. The number of hydrogen-bond donors (Lipinski definition) is 0. The third kappa shape index (κ3) is 2.15. The van der Waals surface area contributed by atoms with Gasteiger partial charge >= 0.3 is 0 Å². The molecule has 0 N–H and O–H groups in total. The molecule has 3 heteroatoms.